The minimum absolute atomic E-state index is 0.00735. The fraction of sp³-hybridized carbons (Fsp3) is 0.714. The van der Waals surface area contributed by atoms with E-state index < -0.39 is 0 Å². The van der Waals surface area contributed by atoms with Crippen LogP contribution in [0.4, 0.5) is 10.9 Å². The van der Waals surface area contributed by atoms with Crippen LogP contribution in [0.15, 0.2) is 0 Å². The zero-order valence-electron chi connectivity index (χ0n) is 12.9. The van der Waals surface area contributed by atoms with E-state index >= 15 is 0 Å². The van der Waals surface area contributed by atoms with Gasteiger partial charge in [0.15, 0.2) is 5.13 Å². The smallest absolute Gasteiger partial charge is 0.267 e. The number of nitrogens with zero attached hydrogens (tertiary/aromatic N) is 2. The van der Waals surface area contributed by atoms with Crippen LogP contribution < -0.4 is 11.1 Å². The Hall–Kier alpha value is -1.34. The Morgan fingerprint density at radius 2 is 2.38 bits per heavy atom. The summed E-state index contributed by atoms with van der Waals surface area (Å²) >= 11 is 1.32. The molecule has 1 fully saturated rings. The molecule has 1 aromatic rings. The summed E-state index contributed by atoms with van der Waals surface area (Å²) in [6, 6.07) is 0. The topological polar surface area (TPSA) is 80.5 Å². The molecule has 21 heavy (non-hydrogen) atoms. The third-order valence-electron chi connectivity index (χ3n) is 3.88. The number of aromatic nitrogens is 1. The van der Waals surface area contributed by atoms with Crippen LogP contribution >= 0.6 is 11.3 Å². The second kappa shape index (κ2) is 7.09. The number of likely N-dealkylation sites (tertiary alicyclic amines) is 1. The van der Waals surface area contributed by atoms with Gasteiger partial charge in [-0.3, -0.25) is 4.79 Å². The number of nitrogens with two attached hydrogens (primary N) is 1. The maximum absolute atomic E-state index is 12.5. The molecule has 1 atom stereocenters. The van der Waals surface area contributed by atoms with E-state index in [0.717, 1.165) is 19.5 Å². The summed E-state index contributed by atoms with van der Waals surface area (Å²) in [5, 5.41) is 3.78. The molecule has 1 unspecified atom stereocenters. The lowest BCUT2D eigenvalue weighted by atomic mass is 9.95. The molecular formula is C14H24N4O2S. The molecule has 0 aliphatic carbocycles. The highest BCUT2D eigenvalue weighted by Crippen LogP contribution is 2.30. The number of nitrogens with one attached hydrogen (secondary N) is 1. The Labute approximate surface area is 129 Å². The van der Waals surface area contributed by atoms with E-state index in [-0.39, 0.29) is 5.91 Å². The van der Waals surface area contributed by atoms with Gasteiger partial charge in [0, 0.05) is 26.7 Å². The fourth-order valence-electron chi connectivity index (χ4n) is 2.48. The van der Waals surface area contributed by atoms with Gasteiger partial charge in [0.2, 0.25) is 0 Å². The van der Waals surface area contributed by atoms with E-state index in [1.807, 2.05) is 4.90 Å². The number of rotatable bonds is 6. The SMILES string of the molecule is COCCNc1nc(N)c(C(=O)N2CCC(C(C)C)C2)s1. The molecule has 0 radical (unpaired) electrons. The normalized spacial score (nSPS) is 18.5. The van der Waals surface area contributed by atoms with Crippen LogP contribution in [0, 0.1) is 11.8 Å². The molecule has 3 N–H and O–H groups in total. The molecule has 0 bridgehead atoms. The van der Waals surface area contributed by atoms with Crippen LogP contribution in [0.5, 0.6) is 0 Å². The number of carbonyl (C=O) groups is 1. The molecule has 2 heterocycles. The van der Waals surface area contributed by atoms with E-state index in [9.17, 15) is 4.79 Å². The van der Waals surface area contributed by atoms with Crippen LogP contribution in [-0.4, -0.2) is 49.1 Å². The Kier molecular flexibility index (Phi) is 5.41. The average molecular weight is 312 g/mol. The first-order valence-electron chi connectivity index (χ1n) is 7.31. The van der Waals surface area contributed by atoms with Crippen molar-refractivity contribution in [3.63, 3.8) is 0 Å². The van der Waals surface area contributed by atoms with E-state index in [4.69, 9.17) is 10.5 Å². The van der Waals surface area contributed by atoms with E-state index in [2.05, 4.69) is 24.1 Å². The fourth-order valence-corrected chi connectivity index (χ4v) is 3.36. The molecule has 1 aliphatic rings. The maximum Gasteiger partial charge on any atom is 0.267 e. The van der Waals surface area contributed by atoms with Crippen LogP contribution in [0.1, 0.15) is 29.9 Å². The van der Waals surface area contributed by atoms with Crippen molar-refractivity contribution in [1.29, 1.82) is 0 Å². The number of nitrogen functional groups attached to an aromatic ring is 1. The van der Waals surface area contributed by atoms with Gasteiger partial charge >= 0.3 is 0 Å². The highest BCUT2D eigenvalue weighted by molar-refractivity contribution is 7.18. The molecular weight excluding hydrogens is 288 g/mol. The molecule has 118 valence electrons. The number of thiazole rings is 1. The van der Waals surface area contributed by atoms with E-state index in [1.54, 1.807) is 7.11 Å². The van der Waals surface area contributed by atoms with Crippen LogP contribution in [0.3, 0.4) is 0 Å². The maximum atomic E-state index is 12.5. The highest BCUT2D eigenvalue weighted by Gasteiger charge is 2.30. The first kappa shape index (κ1) is 16.0. The van der Waals surface area contributed by atoms with Gasteiger partial charge in [0.1, 0.15) is 10.7 Å². The quantitative estimate of drug-likeness (QED) is 0.784. The lowest BCUT2D eigenvalue weighted by molar-refractivity contribution is 0.0789. The molecule has 0 spiro atoms. The Balaban J connectivity index is 1.99. The average Bonchev–Trinajstić information content (AvgIpc) is 3.05. The number of ether oxygens (including phenoxy) is 1. The van der Waals surface area contributed by atoms with E-state index in [1.165, 1.54) is 11.3 Å². The van der Waals surface area contributed by atoms with Crippen LogP contribution in [0.2, 0.25) is 0 Å². The summed E-state index contributed by atoms with van der Waals surface area (Å²) in [5.74, 6) is 1.51. The van der Waals surface area contributed by atoms with Crippen molar-refractivity contribution in [3.05, 3.63) is 4.88 Å². The van der Waals surface area contributed by atoms with Crippen molar-refractivity contribution in [2.24, 2.45) is 11.8 Å². The third-order valence-corrected chi connectivity index (χ3v) is 4.90. The minimum atomic E-state index is 0.00735. The van der Waals surface area contributed by atoms with Gasteiger partial charge in [-0.1, -0.05) is 25.2 Å². The number of hydrogen-bond acceptors (Lipinski definition) is 6. The van der Waals surface area contributed by atoms with Crippen molar-refractivity contribution in [2.75, 3.05) is 44.4 Å². The van der Waals surface area contributed by atoms with Gasteiger partial charge in [-0.2, -0.15) is 0 Å². The largest absolute Gasteiger partial charge is 0.383 e. The van der Waals surface area contributed by atoms with Gasteiger partial charge in [0.05, 0.1) is 6.61 Å². The summed E-state index contributed by atoms with van der Waals surface area (Å²) in [7, 11) is 1.64. The minimum Gasteiger partial charge on any atom is -0.383 e. The number of anilines is 2. The summed E-state index contributed by atoms with van der Waals surface area (Å²) in [4.78, 5) is 19.2. The molecule has 0 aromatic carbocycles. The van der Waals surface area contributed by atoms with Crippen molar-refractivity contribution < 1.29 is 9.53 Å². The van der Waals surface area contributed by atoms with Gasteiger partial charge in [-0.15, -0.1) is 0 Å². The molecule has 7 heteroatoms. The third kappa shape index (κ3) is 3.85. The zero-order valence-corrected chi connectivity index (χ0v) is 13.7. The van der Waals surface area contributed by atoms with Crippen molar-refractivity contribution in [3.8, 4) is 0 Å². The Bertz CT molecular complexity index is 489. The molecule has 1 saturated heterocycles. The van der Waals surface area contributed by atoms with Gasteiger partial charge in [-0.05, 0) is 18.3 Å². The van der Waals surface area contributed by atoms with E-state index in [0.29, 0.717) is 40.8 Å². The van der Waals surface area contributed by atoms with Gasteiger partial charge in [-0.25, -0.2) is 4.98 Å². The van der Waals surface area contributed by atoms with Gasteiger partial charge in [0.25, 0.3) is 5.91 Å². The van der Waals surface area contributed by atoms with Crippen molar-refractivity contribution in [1.82, 2.24) is 9.88 Å². The monoisotopic (exact) mass is 312 g/mol. The Morgan fingerprint density at radius 1 is 1.62 bits per heavy atom. The summed E-state index contributed by atoms with van der Waals surface area (Å²) in [6.45, 7) is 7.28. The molecule has 6 nitrogen and oxygen atoms in total. The molecule has 0 saturated carbocycles. The predicted octanol–water partition coefficient (Wildman–Crippen LogP) is 1.90. The highest BCUT2D eigenvalue weighted by atomic mass is 32.1. The second-order valence-electron chi connectivity index (χ2n) is 5.70. The zero-order chi connectivity index (χ0) is 15.4. The van der Waals surface area contributed by atoms with Crippen molar-refractivity contribution in [2.45, 2.75) is 20.3 Å². The number of hydrogen-bond donors (Lipinski definition) is 2. The molecule has 2 rings (SSSR count). The first-order valence-corrected chi connectivity index (χ1v) is 8.13. The molecule has 1 aliphatic heterocycles. The molecule has 1 amide bonds. The number of methoxy groups -OCH3 is 1. The summed E-state index contributed by atoms with van der Waals surface area (Å²) in [6.07, 6.45) is 1.07. The summed E-state index contributed by atoms with van der Waals surface area (Å²) < 4.78 is 4.97. The van der Waals surface area contributed by atoms with Gasteiger partial charge < -0.3 is 20.7 Å². The number of amides is 1. The van der Waals surface area contributed by atoms with Crippen LogP contribution in [0.25, 0.3) is 0 Å². The summed E-state index contributed by atoms with van der Waals surface area (Å²) in [5.41, 5.74) is 5.89. The second-order valence-corrected chi connectivity index (χ2v) is 6.70. The standard InChI is InChI=1S/C14H24N4O2S/c1-9(2)10-4-6-18(8-10)13(19)11-12(15)17-14(21-11)16-5-7-20-3/h9-10H,4-8,15H2,1-3H3,(H,16,17). The first-order chi connectivity index (χ1) is 10.0. The lowest BCUT2D eigenvalue weighted by Gasteiger charge is -2.17. The Morgan fingerprint density at radius 3 is 3.00 bits per heavy atom. The van der Waals surface area contributed by atoms with Crippen LogP contribution in [-0.2, 0) is 4.74 Å². The lowest BCUT2D eigenvalue weighted by Crippen LogP contribution is -2.29. The number of carbonyl (C=O) groups excluding carboxylic acids is 1. The molecule has 1 aromatic heterocycles. The van der Waals surface area contributed by atoms with Crippen molar-refractivity contribution >= 4 is 28.2 Å². The predicted molar refractivity (Wildman–Crippen MR) is 85.7 cm³/mol.